The minimum atomic E-state index is -0.578. The summed E-state index contributed by atoms with van der Waals surface area (Å²) in [6.45, 7) is 0. The fourth-order valence-electron chi connectivity index (χ4n) is 3.22. The van der Waals surface area contributed by atoms with E-state index in [4.69, 9.17) is 23.2 Å². The molecule has 4 amide bonds. The van der Waals surface area contributed by atoms with E-state index in [9.17, 15) is 14.4 Å². The molecule has 3 aromatic carbocycles. The number of anilines is 3. The number of hydrogen-bond acceptors (Lipinski definition) is 4. The molecule has 162 valence electrons. The number of rotatable bonds is 5. The molecule has 2 N–H and O–H groups in total. The van der Waals surface area contributed by atoms with Gasteiger partial charge in [0.2, 0.25) is 11.8 Å². The number of para-hydroxylation sites is 1. The van der Waals surface area contributed by atoms with Gasteiger partial charge in [-0.25, -0.2) is 9.69 Å². The molecular formula is C23H17Cl2N3O3S. The minimum absolute atomic E-state index is 0.0654. The Kier molecular flexibility index (Phi) is 6.69. The molecule has 1 aliphatic heterocycles. The first-order valence-corrected chi connectivity index (χ1v) is 11.3. The molecule has 1 aliphatic rings. The average Bonchev–Trinajstić information content (AvgIpc) is 3.04. The number of nitrogens with zero attached hydrogens (tertiary/aromatic N) is 1. The molecule has 1 atom stereocenters. The van der Waals surface area contributed by atoms with Gasteiger partial charge in [0.15, 0.2) is 0 Å². The van der Waals surface area contributed by atoms with Crippen LogP contribution in [-0.4, -0.2) is 23.1 Å². The van der Waals surface area contributed by atoms with E-state index in [1.54, 1.807) is 42.5 Å². The summed E-state index contributed by atoms with van der Waals surface area (Å²) in [6, 6.07) is 20.5. The average molecular weight is 486 g/mol. The van der Waals surface area contributed by atoms with Gasteiger partial charge in [-0.1, -0.05) is 47.5 Å². The molecule has 0 spiro atoms. The number of imide groups is 1. The number of carbonyl (C=O) groups is 3. The normalized spacial score (nSPS) is 15.7. The van der Waals surface area contributed by atoms with Gasteiger partial charge in [0.05, 0.1) is 21.0 Å². The first-order valence-electron chi connectivity index (χ1n) is 9.62. The summed E-state index contributed by atoms with van der Waals surface area (Å²) in [5, 5.41) is 5.56. The van der Waals surface area contributed by atoms with Crippen molar-refractivity contribution in [1.82, 2.24) is 0 Å². The van der Waals surface area contributed by atoms with Crippen LogP contribution >= 0.6 is 35.0 Å². The molecule has 0 unspecified atom stereocenters. The van der Waals surface area contributed by atoms with Crippen LogP contribution < -0.4 is 15.5 Å². The van der Waals surface area contributed by atoms with Crippen molar-refractivity contribution in [2.45, 2.75) is 16.6 Å². The number of hydrogen-bond donors (Lipinski definition) is 2. The molecule has 0 aliphatic carbocycles. The van der Waals surface area contributed by atoms with Gasteiger partial charge in [0, 0.05) is 22.7 Å². The van der Waals surface area contributed by atoms with E-state index in [2.05, 4.69) is 10.6 Å². The highest BCUT2D eigenvalue weighted by atomic mass is 35.5. The lowest BCUT2D eigenvalue weighted by Gasteiger charge is -2.15. The Morgan fingerprint density at radius 2 is 1.59 bits per heavy atom. The SMILES string of the molecule is O=C(Nc1ccccc1)Nc1cccc(S[C@H]2CC(=O)N(c3ccc(Cl)c(Cl)c3)C2=O)c1. The maximum absolute atomic E-state index is 12.9. The second-order valence-corrected chi connectivity index (χ2v) is 9.04. The maximum atomic E-state index is 12.9. The molecule has 1 saturated heterocycles. The smallest absolute Gasteiger partial charge is 0.308 e. The van der Waals surface area contributed by atoms with Crippen LogP contribution in [0.25, 0.3) is 0 Å². The zero-order chi connectivity index (χ0) is 22.7. The molecular weight excluding hydrogens is 469 g/mol. The number of amides is 4. The Morgan fingerprint density at radius 1 is 0.875 bits per heavy atom. The van der Waals surface area contributed by atoms with Crippen LogP contribution in [0, 0.1) is 0 Å². The largest absolute Gasteiger partial charge is 0.323 e. The van der Waals surface area contributed by atoms with Crippen molar-refractivity contribution in [3.63, 3.8) is 0 Å². The van der Waals surface area contributed by atoms with E-state index in [-0.39, 0.29) is 29.3 Å². The van der Waals surface area contributed by atoms with Gasteiger partial charge < -0.3 is 10.6 Å². The lowest BCUT2D eigenvalue weighted by Crippen LogP contribution is -2.31. The van der Waals surface area contributed by atoms with Crippen LogP contribution in [0.1, 0.15) is 6.42 Å². The fraction of sp³-hybridized carbons (Fsp3) is 0.0870. The van der Waals surface area contributed by atoms with Crippen LogP contribution in [0.4, 0.5) is 21.9 Å². The van der Waals surface area contributed by atoms with E-state index >= 15 is 0 Å². The molecule has 0 saturated carbocycles. The van der Waals surface area contributed by atoms with Crippen LogP contribution in [-0.2, 0) is 9.59 Å². The summed E-state index contributed by atoms with van der Waals surface area (Å²) < 4.78 is 0. The second-order valence-electron chi connectivity index (χ2n) is 6.95. The van der Waals surface area contributed by atoms with Crippen molar-refractivity contribution in [2.24, 2.45) is 0 Å². The van der Waals surface area contributed by atoms with Crippen LogP contribution in [0.15, 0.2) is 77.7 Å². The van der Waals surface area contributed by atoms with Crippen LogP contribution in [0.2, 0.25) is 10.0 Å². The van der Waals surface area contributed by atoms with E-state index in [1.165, 1.54) is 17.8 Å². The summed E-state index contributed by atoms with van der Waals surface area (Å²) in [5.74, 6) is -0.624. The Bertz CT molecular complexity index is 1190. The molecule has 6 nitrogen and oxygen atoms in total. The Morgan fingerprint density at radius 3 is 2.34 bits per heavy atom. The van der Waals surface area contributed by atoms with E-state index < -0.39 is 5.25 Å². The quantitative estimate of drug-likeness (QED) is 0.430. The maximum Gasteiger partial charge on any atom is 0.323 e. The Hall–Kier alpha value is -3.00. The Balaban J connectivity index is 1.43. The van der Waals surface area contributed by atoms with E-state index in [1.807, 2.05) is 24.3 Å². The molecule has 9 heteroatoms. The summed E-state index contributed by atoms with van der Waals surface area (Å²) in [7, 11) is 0. The molecule has 1 fully saturated rings. The lowest BCUT2D eigenvalue weighted by atomic mass is 10.3. The lowest BCUT2D eigenvalue weighted by molar-refractivity contribution is -0.121. The third-order valence-corrected chi connectivity index (χ3v) is 6.59. The highest BCUT2D eigenvalue weighted by Gasteiger charge is 2.40. The monoisotopic (exact) mass is 485 g/mol. The molecule has 4 rings (SSSR count). The molecule has 3 aromatic rings. The third kappa shape index (κ3) is 5.07. The molecule has 32 heavy (non-hydrogen) atoms. The summed E-state index contributed by atoms with van der Waals surface area (Å²) in [4.78, 5) is 39.5. The number of urea groups is 1. The van der Waals surface area contributed by atoms with Gasteiger partial charge in [0.25, 0.3) is 0 Å². The predicted molar refractivity (Wildman–Crippen MR) is 129 cm³/mol. The number of benzene rings is 3. The fourth-order valence-corrected chi connectivity index (χ4v) is 4.62. The van der Waals surface area contributed by atoms with Gasteiger partial charge in [-0.15, -0.1) is 11.8 Å². The van der Waals surface area contributed by atoms with Crippen molar-refractivity contribution < 1.29 is 14.4 Å². The minimum Gasteiger partial charge on any atom is -0.308 e. The zero-order valence-corrected chi connectivity index (χ0v) is 18.9. The summed E-state index contributed by atoms with van der Waals surface area (Å²) >= 11 is 13.2. The Labute approximate surface area is 198 Å². The summed E-state index contributed by atoms with van der Waals surface area (Å²) in [6.07, 6.45) is 0.0654. The standard InChI is InChI=1S/C23H17Cl2N3O3S/c24-18-10-9-16(12-19(18)25)28-21(29)13-20(22(28)30)32-17-8-4-7-15(11-17)27-23(31)26-14-5-2-1-3-6-14/h1-12,20H,13H2,(H2,26,27,31)/t20-/m0/s1. The number of nitrogens with one attached hydrogen (secondary N) is 2. The van der Waals surface area contributed by atoms with Crippen LogP contribution in [0.3, 0.4) is 0 Å². The van der Waals surface area contributed by atoms with Crippen LogP contribution in [0.5, 0.6) is 0 Å². The highest BCUT2D eigenvalue weighted by molar-refractivity contribution is 8.00. The van der Waals surface area contributed by atoms with Gasteiger partial charge in [0.1, 0.15) is 0 Å². The van der Waals surface area contributed by atoms with E-state index in [0.29, 0.717) is 22.1 Å². The molecule has 0 bridgehead atoms. The van der Waals surface area contributed by atoms with Gasteiger partial charge in [-0.05, 0) is 48.5 Å². The molecule has 1 heterocycles. The van der Waals surface area contributed by atoms with Gasteiger partial charge >= 0.3 is 6.03 Å². The second kappa shape index (κ2) is 9.65. The third-order valence-electron chi connectivity index (χ3n) is 4.67. The summed E-state index contributed by atoms with van der Waals surface area (Å²) in [5.41, 5.74) is 1.64. The molecule has 0 radical (unpaired) electrons. The molecule has 0 aromatic heterocycles. The zero-order valence-electron chi connectivity index (χ0n) is 16.5. The van der Waals surface area contributed by atoms with Gasteiger partial charge in [-0.2, -0.15) is 0 Å². The first-order chi connectivity index (χ1) is 15.4. The van der Waals surface area contributed by atoms with Crippen molar-refractivity contribution in [3.05, 3.63) is 82.8 Å². The first kappa shape index (κ1) is 22.2. The van der Waals surface area contributed by atoms with Crippen molar-refractivity contribution >= 4 is 69.9 Å². The van der Waals surface area contributed by atoms with Crippen molar-refractivity contribution in [1.29, 1.82) is 0 Å². The number of halogens is 2. The predicted octanol–water partition coefficient (Wildman–Crippen LogP) is 6.06. The topological polar surface area (TPSA) is 78.5 Å². The number of carbonyl (C=O) groups excluding carboxylic acids is 3. The number of thioether (sulfide) groups is 1. The highest BCUT2D eigenvalue weighted by Crippen LogP contribution is 2.36. The van der Waals surface area contributed by atoms with Crippen molar-refractivity contribution in [2.75, 3.05) is 15.5 Å². The van der Waals surface area contributed by atoms with E-state index in [0.717, 1.165) is 9.80 Å². The van der Waals surface area contributed by atoms with Gasteiger partial charge in [-0.3, -0.25) is 9.59 Å². The van der Waals surface area contributed by atoms with Crippen molar-refractivity contribution in [3.8, 4) is 0 Å².